The van der Waals surface area contributed by atoms with Crippen LogP contribution >= 0.6 is 11.3 Å². The van der Waals surface area contributed by atoms with Crippen molar-refractivity contribution in [3.8, 4) is 0 Å². The number of rotatable bonds is 4. The van der Waals surface area contributed by atoms with Gasteiger partial charge in [0.2, 0.25) is 5.91 Å². The van der Waals surface area contributed by atoms with Crippen LogP contribution in [0.1, 0.15) is 46.3 Å². The van der Waals surface area contributed by atoms with Gasteiger partial charge in [0.15, 0.2) is 0 Å². The van der Waals surface area contributed by atoms with Crippen LogP contribution < -0.4 is 10.6 Å². The molecule has 4 rings (SSSR count). The van der Waals surface area contributed by atoms with Crippen molar-refractivity contribution in [1.29, 1.82) is 0 Å². The Morgan fingerprint density at radius 3 is 2.60 bits per heavy atom. The summed E-state index contributed by atoms with van der Waals surface area (Å²) in [5.41, 5.74) is 2.77. The van der Waals surface area contributed by atoms with Gasteiger partial charge in [0.1, 0.15) is 0 Å². The Bertz CT molecular complexity index is 823. The molecule has 2 amide bonds. The number of carbonyl (C=O) groups is 2. The maximum absolute atomic E-state index is 12.6. The quantitative estimate of drug-likeness (QED) is 0.851. The van der Waals surface area contributed by atoms with Crippen molar-refractivity contribution in [1.82, 2.24) is 0 Å². The number of nitrogens with one attached hydrogen (secondary N) is 2. The molecule has 0 spiro atoms. The van der Waals surface area contributed by atoms with Crippen LogP contribution in [-0.2, 0) is 17.6 Å². The van der Waals surface area contributed by atoms with E-state index < -0.39 is 0 Å². The highest BCUT2D eigenvalue weighted by Crippen LogP contribution is 2.33. The standard InChI is InChI=1S/C20H22N2O2S/c1-12-5-8-17-14(9-12)10-18(25-17)20(24)22-16-4-2-3-15(11-16)21-19(23)13-6-7-13/h2-4,10-13H,5-9H2,1H3,(H,21,23)(H,22,24). The zero-order valence-electron chi connectivity index (χ0n) is 14.3. The second-order valence-corrected chi connectivity index (χ2v) is 8.34. The number of fused-ring (bicyclic) bond motifs is 1. The van der Waals surface area contributed by atoms with Gasteiger partial charge in [-0.1, -0.05) is 13.0 Å². The Kier molecular flexibility index (Phi) is 4.34. The minimum absolute atomic E-state index is 0.0716. The molecule has 4 nitrogen and oxygen atoms in total. The van der Waals surface area contributed by atoms with Gasteiger partial charge in [-0.2, -0.15) is 0 Å². The van der Waals surface area contributed by atoms with Crippen LogP contribution in [0.2, 0.25) is 0 Å². The van der Waals surface area contributed by atoms with Crippen LogP contribution in [0.15, 0.2) is 30.3 Å². The van der Waals surface area contributed by atoms with Gasteiger partial charge in [-0.3, -0.25) is 9.59 Å². The first-order chi connectivity index (χ1) is 12.1. The van der Waals surface area contributed by atoms with Crippen molar-refractivity contribution in [3.05, 3.63) is 45.6 Å². The average molecular weight is 354 g/mol. The number of anilines is 2. The summed E-state index contributed by atoms with van der Waals surface area (Å²) in [4.78, 5) is 26.6. The summed E-state index contributed by atoms with van der Waals surface area (Å²) >= 11 is 1.61. The predicted octanol–water partition coefficient (Wildman–Crippen LogP) is 4.47. The van der Waals surface area contributed by atoms with Crippen molar-refractivity contribution >= 4 is 34.5 Å². The molecule has 25 heavy (non-hydrogen) atoms. The largest absolute Gasteiger partial charge is 0.326 e. The normalized spacial score (nSPS) is 19.2. The summed E-state index contributed by atoms with van der Waals surface area (Å²) in [7, 11) is 0. The molecule has 130 valence electrons. The smallest absolute Gasteiger partial charge is 0.265 e. The topological polar surface area (TPSA) is 58.2 Å². The summed E-state index contributed by atoms with van der Waals surface area (Å²) in [6.45, 7) is 2.27. The first-order valence-corrected chi connectivity index (χ1v) is 9.74. The van der Waals surface area contributed by atoms with Crippen LogP contribution in [-0.4, -0.2) is 11.8 Å². The van der Waals surface area contributed by atoms with Crippen LogP contribution in [0, 0.1) is 11.8 Å². The van der Waals surface area contributed by atoms with E-state index in [2.05, 4.69) is 17.6 Å². The molecule has 2 aliphatic rings. The maximum atomic E-state index is 12.6. The Morgan fingerprint density at radius 2 is 1.84 bits per heavy atom. The third-order valence-electron chi connectivity index (χ3n) is 4.89. The third kappa shape index (κ3) is 3.76. The van der Waals surface area contributed by atoms with Gasteiger partial charge >= 0.3 is 0 Å². The average Bonchev–Trinajstić information content (AvgIpc) is 3.35. The highest BCUT2D eigenvalue weighted by molar-refractivity contribution is 7.14. The van der Waals surface area contributed by atoms with E-state index in [1.165, 1.54) is 16.9 Å². The molecule has 1 heterocycles. The van der Waals surface area contributed by atoms with E-state index in [9.17, 15) is 9.59 Å². The van der Waals surface area contributed by atoms with Crippen molar-refractivity contribution < 1.29 is 9.59 Å². The van der Waals surface area contributed by atoms with E-state index in [-0.39, 0.29) is 17.7 Å². The molecule has 5 heteroatoms. The van der Waals surface area contributed by atoms with Crippen molar-refractivity contribution in [3.63, 3.8) is 0 Å². The molecule has 1 aromatic carbocycles. The number of hydrogen-bond acceptors (Lipinski definition) is 3. The van der Waals surface area contributed by atoms with E-state index in [0.717, 1.165) is 36.2 Å². The van der Waals surface area contributed by atoms with E-state index in [4.69, 9.17) is 0 Å². The van der Waals surface area contributed by atoms with Gasteiger partial charge in [0, 0.05) is 22.2 Å². The van der Waals surface area contributed by atoms with Gasteiger partial charge < -0.3 is 10.6 Å². The van der Waals surface area contributed by atoms with Gasteiger partial charge in [-0.15, -0.1) is 11.3 Å². The fraction of sp³-hybridized carbons (Fsp3) is 0.400. The number of amides is 2. The maximum Gasteiger partial charge on any atom is 0.265 e. The van der Waals surface area contributed by atoms with Crippen LogP contribution in [0.5, 0.6) is 0 Å². The minimum atomic E-state index is -0.0716. The fourth-order valence-corrected chi connectivity index (χ4v) is 4.38. The molecule has 1 unspecified atom stereocenters. The SMILES string of the molecule is CC1CCc2sc(C(=O)Nc3cccc(NC(=O)C4CC4)c3)cc2C1. The van der Waals surface area contributed by atoms with Crippen LogP contribution in [0.3, 0.4) is 0 Å². The highest BCUT2D eigenvalue weighted by Gasteiger charge is 2.29. The summed E-state index contributed by atoms with van der Waals surface area (Å²) in [5, 5.41) is 5.87. The fourth-order valence-electron chi connectivity index (χ4n) is 3.27. The molecule has 0 bridgehead atoms. The molecule has 2 aliphatic carbocycles. The van der Waals surface area contributed by atoms with Crippen LogP contribution in [0.4, 0.5) is 11.4 Å². The molecule has 0 aliphatic heterocycles. The predicted molar refractivity (Wildman–Crippen MR) is 101 cm³/mol. The van der Waals surface area contributed by atoms with Crippen molar-refractivity contribution in [2.45, 2.75) is 39.0 Å². The van der Waals surface area contributed by atoms with E-state index in [1.807, 2.05) is 30.3 Å². The Balaban J connectivity index is 1.44. The molecule has 2 aromatic rings. The first-order valence-electron chi connectivity index (χ1n) is 8.92. The number of hydrogen-bond donors (Lipinski definition) is 2. The monoisotopic (exact) mass is 354 g/mol. The molecule has 2 N–H and O–H groups in total. The summed E-state index contributed by atoms with van der Waals surface area (Å²) in [6, 6.07) is 9.40. The lowest BCUT2D eigenvalue weighted by Gasteiger charge is -2.16. The lowest BCUT2D eigenvalue weighted by Crippen LogP contribution is -2.14. The number of carbonyl (C=O) groups excluding carboxylic acids is 2. The van der Waals surface area contributed by atoms with E-state index >= 15 is 0 Å². The molecule has 1 saturated carbocycles. The second kappa shape index (κ2) is 6.64. The van der Waals surface area contributed by atoms with E-state index in [1.54, 1.807) is 11.3 Å². The molecule has 1 aromatic heterocycles. The zero-order chi connectivity index (χ0) is 17.4. The molecule has 0 saturated heterocycles. The van der Waals surface area contributed by atoms with Crippen molar-refractivity contribution in [2.75, 3.05) is 10.6 Å². The summed E-state index contributed by atoms with van der Waals surface area (Å²) < 4.78 is 0. The lowest BCUT2D eigenvalue weighted by atomic mass is 9.90. The third-order valence-corrected chi connectivity index (χ3v) is 6.12. The number of thiophene rings is 1. The first kappa shape index (κ1) is 16.3. The van der Waals surface area contributed by atoms with Gasteiger partial charge in [0.05, 0.1) is 4.88 Å². The van der Waals surface area contributed by atoms with Crippen LogP contribution in [0.25, 0.3) is 0 Å². The lowest BCUT2D eigenvalue weighted by molar-refractivity contribution is -0.117. The summed E-state index contributed by atoms with van der Waals surface area (Å²) in [6.07, 6.45) is 5.31. The molecular weight excluding hydrogens is 332 g/mol. The molecule has 1 fully saturated rings. The van der Waals surface area contributed by atoms with Gasteiger partial charge in [0.25, 0.3) is 5.91 Å². The molecule has 0 radical (unpaired) electrons. The highest BCUT2D eigenvalue weighted by atomic mass is 32.1. The number of aryl methyl sites for hydroxylation is 1. The van der Waals surface area contributed by atoms with Gasteiger partial charge in [-0.05, 0) is 67.9 Å². The Hall–Kier alpha value is -2.14. The van der Waals surface area contributed by atoms with Crippen molar-refractivity contribution in [2.24, 2.45) is 11.8 Å². The second-order valence-electron chi connectivity index (χ2n) is 7.21. The molecular formula is C20H22N2O2S. The zero-order valence-corrected chi connectivity index (χ0v) is 15.1. The Morgan fingerprint density at radius 1 is 1.08 bits per heavy atom. The Labute approximate surface area is 151 Å². The van der Waals surface area contributed by atoms with Gasteiger partial charge in [-0.25, -0.2) is 0 Å². The minimum Gasteiger partial charge on any atom is -0.326 e. The number of benzene rings is 1. The molecule has 1 atom stereocenters. The summed E-state index contributed by atoms with van der Waals surface area (Å²) in [5.74, 6) is 0.865. The van der Waals surface area contributed by atoms with E-state index in [0.29, 0.717) is 11.6 Å².